The highest BCUT2D eigenvalue weighted by Gasteiger charge is 2.39. The summed E-state index contributed by atoms with van der Waals surface area (Å²) in [7, 11) is 1.79. The Balaban J connectivity index is 1.52. The van der Waals surface area contributed by atoms with Gasteiger partial charge in [0.15, 0.2) is 5.82 Å². The standard InChI is InChI=1S/C23H26N6O/c1-3-28-23(30)27(2)20-15-24-22(26-21(20)29(28)19-10-6-7-11-19)25-18-13-12-16-8-4-5-9-17(16)14-18/h4-5,8-9,12-15,19H,3,6-7,10-11H2,1-2H3,(H,24,25,26). The number of urea groups is 1. The zero-order valence-electron chi connectivity index (χ0n) is 17.4. The second-order valence-electron chi connectivity index (χ2n) is 7.93. The van der Waals surface area contributed by atoms with Crippen LogP contribution in [0.25, 0.3) is 10.8 Å². The number of hydrogen-bond donors (Lipinski definition) is 1. The minimum absolute atomic E-state index is 0.0317. The van der Waals surface area contributed by atoms with E-state index in [0.29, 0.717) is 18.5 Å². The highest BCUT2D eigenvalue weighted by atomic mass is 16.2. The molecule has 1 aliphatic carbocycles. The van der Waals surface area contributed by atoms with Gasteiger partial charge in [-0.2, -0.15) is 4.98 Å². The summed E-state index contributed by atoms with van der Waals surface area (Å²) >= 11 is 0. The third-order valence-corrected chi connectivity index (χ3v) is 6.07. The molecule has 2 amide bonds. The number of fused-ring (bicyclic) bond motifs is 2. The molecule has 0 saturated heterocycles. The maximum Gasteiger partial charge on any atom is 0.343 e. The monoisotopic (exact) mass is 402 g/mol. The molecule has 7 nitrogen and oxygen atoms in total. The third kappa shape index (κ3) is 3.10. The Kier molecular flexibility index (Phi) is 4.65. The molecule has 154 valence electrons. The number of carbonyl (C=O) groups excluding carboxylic acids is 1. The molecular weight excluding hydrogens is 376 g/mol. The normalized spacial score (nSPS) is 17.0. The van der Waals surface area contributed by atoms with Crippen molar-refractivity contribution < 1.29 is 4.79 Å². The van der Waals surface area contributed by atoms with Gasteiger partial charge in [0.1, 0.15) is 5.69 Å². The number of anilines is 4. The molecule has 2 aromatic carbocycles. The summed E-state index contributed by atoms with van der Waals surface area (Å²) < 4.78 is 0. The fraction of sp³-hybridized carbons (Fsp3) is 0.348. The second kappa shape index (κ2) is 7.48. The van der Waals surface area contributed by atoms with Gasteiger partial charge in [0.25, 0.3) is 0 Å². The van der Waals surface area contributed by atoms with E-state index in [1.54, 1.807) is 18.1 Å². The molecule has 30 heavy (non-hydrogen) atoms. The lowest BCUT2D eigenvalue weighted by molar-refractivity contribution is 0.191. The summed E-state index contributed by atoms with van der Waals surface area (Å²) in [6, 6.07) is 14.8. The predicted molar refractivity (Wildman–Crippen MR) is 120 cm³/mol. The zero-order valence-corrected chi connectivity index (χ0v) is 17.4. The molecule has 1 N–H and O–H groups in total. The summed E-state index contributed by atoms with van der Waals surface area (Å²) in [6.07, 6.45) is 6.27. The van der Waals surface area contributed by atoms with Crippen LogP contribution in [-0.4, -0.2) is 40.6 Å². The summed E-state index contributed by atoms with van der Waals surface area (Å²) in [5.74, 6) is 1.33. The Morgan fingerprint density at radius 3 is 2.63 bits per heavy atom. The average molecular weight is 403 g/mol. The molecule has 2 aliphatic rings. The average Bonchev–Trinajstić information content (AvgIpc) is 3.30. The Morgan fingerprint density at radius 1 is 1.10 bits per heavy atom. The van der Waals surface area contributed by atoms with E-state index in [0.717, 1.165) is 35.4 Å². The van der Waals surface area contributed by atoms with Crippen LogP contribution in [0.1, 0.15) is 32.6 Å². The molecule has 1 saturated carbocycles. The van der Waals surface area contributed by atoms with Crippen molar-refractivity contribution in [2.75, 3.05) is 28.8 Å². The van der Waals surface area contributed by atoms with Crippen LogP contribution in [0.4, 0.5) is 27.9 Å². The molecule has 2 heterocycles. The van der Waals surface area contributed by atoms with E-state index < -0.39 is 0 Å². The largest absolute Gasteiger partial charge is 0.343 e. The van der Waals surface area contributed by atoms with Gasteiger partial charge >= 0.3 is 6.03 Å². The number of nitrogens with zero attached hydrogens (tertiary/aromatic N) is 5. The van der Waals surface area contributed by atoms with Crippen molar-refractivity contribution in [3.8, 4) is 0 Å². The van der Waals surface area contributed by atoms with Crippen molar-refractivity contribution in [1.29, 1.82) is 0 Å². The third-order valence-electron chi connectivity index (χ3n) is 6.07. The number of carbonyl (C=O) groups is 1. The van der Waals surface area contributed by atoms with Crippen molar-refractivity contribution in [2.24, 2.45) is 0 Å². The van der Waals surface area contributed by atoms with Gasteiger partial charge in [-0.05, 0) is 42.7 Å². The number of benzene rings is 2. The van der Waals surface area contributed by atoms with Gasteiger partial charge in [-0.25, -0.2) is 14.8 Å². The Labute approximate surface area is 176 Å². The molecule has 1 aliphatic heterocycles. The first-order valence-corrected chi connectivity index (χ1v) is 10.6. The lowest BCUT2D eigenvalue weighted by Crippen LogP contribution is -2.59. The van der Waals surface area contributed by atoms with Crippen molar-refractivity contribution >= 4 is 39.9 Å². The first kappa shape index (κ1) is 18.7. The molecule has 0 atom stereocenters. The van der Waals surface area contributed by atoms with Crippen LogP contribution in [0.5, 0.6) is 0 Å². The van der Waals surface area contributed by atoms with E-state index in [1.807, 2.05) is 30.1 Å². The minimum atomic E-state index is -0.0317. The molecule has 0 spiro atoms. The van der Waals surface area contributed by atoms with Crippen molar-refractivity contribution in [1.82, 2.24) is 15.0 Å². The van der Waals surface area contributed by atoms with Crippen LogP contribution in [0.15, 0.2) is 48.7 Å². The topological polar surface area (TPSA) is 64.6 Å². The molecule has 0 radical (unpaired) electrons. The summed E-state index contributed by atoms with van der Waals surface area (Å²) in [4.78, 5) is 23.9. The van der Waals surface area contributed by atoms with E-state index in [2.05, 4.69) is 39.6 Å². The number of aromatic nitrogens is 2. The minimum Gasteiger partial charge on any atom is -0.324 e. The lowest BCUT2D eigenvalue weighted by Gasteiger charge is -2.45. The highest BCUT2D eigenvalue weighted by molar-refractivity contribution is 5.98. The summed E-state index contributed by atoms with van der Waals surface area (Å²) in [5, 5.41) is 9.62. The molecule has 1 aromatic heterocycles. The summed E-state index contributed by atoms with van der Waals surface area (Å²) in [5.41, 5.74) is 1.69. The van der Waals surface area contributed by atoms with Crippen LogP contribution < -0.4 is 15.2 Å². The van der Waals surface area contributed by atoms with E-state index in [1.165, 1.54) is 18.2 Å². The zero-order chi connectivity index (χ0) is 20.7. The molecule has 5 rings (SSSR count). The van der Waals surface area contributed by atoms with E-state index >= 15 is 0 Å². The van der Waals surface area contributed by atoms with Gasteiger partial charge in [-0.1, -0.05) is 43.2 Å². The molecule has 0 bridgehead atoms. The molecule has 1 fully saturated rings. The summed E-state index contributed by atoms with van der Waals surface area (Å²) in [6.45, 7) is 2.62. The maximum absolute atomic E-state index is 12.9. The van der Waals surface area contributed by atoms with Crippen LogP contribution in [-0.2, 0) is 0 Å². The number of nitrogens with one attached hydrogen (secondary N) is 1. The van der Waals surface area contributed by atoms with E-state index in [4.69, 9.17) is 4.98 Å². The number of rotatable bonds is 4. The van der Waals surface area contributed by atoms with Gasteiger partial charge in [0.2, 0.25) is 5.95 Å². The van der Waals surface area contributed by atoms with Gasteiger partial charge in [0, 0.05) is 19.3 Å². The van der Waals surface area contributed by atoms with Crippen molar-refractivity contribution in [2.45, 2.75) is 38.6 Å². The maximum atomic E-state index is 12.9. The van der Waals surface area contributed by atoms with E-state index in [9.17, 15) is 4.79 Å². The molecule has 7 heteroatoms. The smallest absolute Gasteiger partial charge is 0.324 e. The van der Waals surface area contributed by atoms with Gasteiger partial charge < -0.3 is 5.32 Å². The quantitative estimate of drug-likeness (QED) is 0.670. The van der Waals surface area contributed by atoms with Crippen LogP contribution >= 0.6 is 0 Å². The second-order valence-corrected chi connectivity index (χ2v) is 7.93. The van der Waals surface area contributed by atoms with Gasteiger partial charge in [0.05, 0.1) is 12.2 Å². The SMILES string of the molecule is CCN1C(=O)N(C)c2cnc(Nc3ccc4ccccc4c3)nc2N1C1CCCC1. The van der Waals surface area contributed by atoms with Gasteiger partial charge in [-0.3, -0.25) is 9.91 Å². The van der Waals surface area contributed by atoms with Crippen molar-refractivity contribution in [3.63, 3.8) is 0 Å². The fourth-order valence-electron chi connectivity index (χ4n) is 4.52. The molecule has 0 unspecified atom stereocenters. The Morgan fingerprint density at radius 2 is 1.87 bits per heavy atom. The van der Waals surface area contributed by atoms with Gasteiger partial charge in [-0.15, -0.1) is 0 Å². The van der Waals surface area contributed by atoms with Crippen molar-refractivity contribution in [3.05, 3.63) is 48.7 Å². The molecule has 3 aromatic rings. The Hall–Kier alpha value is -3.35. The number of hydrazine groups is 1. The highest BCUT2D eigenvalue weighted by Crippen LogP contribution is 2.38. The number of amides is 2. The van der Waals surface area contributed by atoms with Crippen LogP contribution in [0.2, 0.25) is 0 Å². The van der Waals surface area contributed by atoms with Crippen LogP contribution in [0, 0.1) is 0 Å². The van der Waals surface area contributed by atoms with Crippen LogP contribution in [0.3, 0.4) is 0 Å². The van der Waals surface area contributed by atoms with E-state index in [-0.39, 0.29) is 6.03 Å². The first-order valence-electron chi connectivity index (χ1n) is 10.6. The number of hydrogen-bond acceptors (Lipinski definition) is 5. The molecular formula is C23H26N6O. The predicted octanol–water partition coefficient (Wildman–Crippen LogP) is 4.93. The fourth-order valence-corrected chi connectivity index (χ4v) is 4.52. The Bertz CT molecular complexity index is 1090. The first-order chi connectivity index (χ1) is 14.7. The lowest BCUT2D eigenvalue weighted by atomic mass is 10.1.